The fourth-order valence-corrected chi connectivity index (χ4v) is 3.08. The van der Waals surface area contributed by atoms with Crippen molar-refractivity contribution < 1.29 is 19.8 Å². The van der Waals surface area contributed by atoms with E-state index in [2.05, 4.69) is 26.6 Å². The first-order valence-electron chi connectivity index (χ1n) is 9.35. The first-order valence-corrected chi connectivity index (χ1v) is 9.35. The highest BCUT2D eigenvalue weighted by atomic mass is 16.4. The van der Waals surface area contributed by atoms with Crippen LogP contribution in [-0.2, 0) is 6.42 Å². The van der Waals surface area contributed by atoms with E-state index in [1.807, 2.05) is 0 Å². The number of carbonyl (C=O) groups is 2. The number of hydrogen-bond donors (Lipinski definition) is 4. The van der Waals surface area contributed by atoms with Gasteiger partial charge in [0, 0.05) is 44.4 Å². The van der Waals surface area contributed by atoms with E-state index in [4.69, 9.17) is 11.5 Å². The van der Waals surface area contributed by atoms with Gasteiger partial charge in [-0.1, -0.05) is 0 Å². The molecule has 0 atom stereocenters. The molecule has 0 bridgehead atoms. The Morgan fingerprint density at radius 1 is 1.23 bits per heavy atom. The highest BCUT2D eigenvalue weighted by Crippen LogP contribution is 2.36. The van der Waals surface area contributed by atoms with Crippen molar-refractivity contribution in [3.8, 4) is 18.0 Å². The number of aromatic amines is 1. The number of nitrogens with zero attached hydrogens (tertiary/aromatic N) is 3. The number of H-pyrrole nitrogens is 1. The van der Waals surface area contributed by atoms with E-state index in [-0.39, 0.29) is 30.2 Å². The van der Waals surface area contributed by atoms with Gasteiger partial charge in [0.25, 0.3) is 11.5 Å². The predicted octanol–water partition coefficient (Wildman–Crippen LogP) is 1.09. The van der Waals surface area contributed by atoms with Crippen LogP contribution in [0.4, 0.5) is 0 Å². The Morgan fingerprint density at radius 2 is 1.93 bits per heavy atom. The number of nitrogens with one attached hydrogen (secondary N) is 2. The number of amides is 1. The minimum Gasteiger partial charge on any atom is -0.477 e. The van der Waals surface area contributed by atoms with Crippen molar-refractivity contribution in [2.45, 2.75) is 31.3 Å². The smallest absolute Gasteiger partial charge is 0.354 e. The molecule has 2 aromatic rings. The van der Waals surface area contributed by atoms with Crippen LogP contribution >= 0.6 is 0 Å². The Labute approximate surface area is 171 Å². The van der Waals surface area contributed by atoms with Crippen LogP contribution in [0.3, 0.4) is 0 Å². The Hall–Kier alpha value is -3.71. The Morgan fingerprint density at radius 3 is 2.50 bits per heavy atom. The number of rotatable bonds is 10. The first-order chi connectivity index (χ1) is 14.4. The lowest BCUT2D eigenvalue weighted by Crippen LogP contribution is -2.28. The first kappa shape index (κ1) is 21.0. The highest BCUT2D eigenvalue weighted by Gasteiger charge is 2.38. The summed E-state index contributed by atoms with van der Waals surface area (Å²) >= 11 is 0. The minimum absolute atomic E-state index is 0.0125. The maximum atomic E-state index is 12.5. The van der Waals surface area contributed by atoms with E-state index in [0.29, 0.717) is 37.1 Å². The summed E-state index contributed by atoms with van der Waals surface area (Å²) in [5, 5.41) is 31.7. The molecule has 1 aliphatic rings. The normalized spacial score (nSPS) is 13.6. The van der Waals surface area contributed by atoms with Gasteiger partial charge in [0.1, 0.15) is 5.69 Å². The summed E-state index contributed by atoms with van der Waals surface area (Å²) in [7, 11) is 0. The maximum absolute atomic E-state index is 12.5. The van der Waals surface area contributed by atoms with Crippen molar-refractivity contribution in [3.63, 3.8) is 0 Å². The second kappa shape index (κ2) is 8.75. The number of carbonyl (C=O) groups excluding carboxylic acids is 1. The van der Waals surface area contributed by atoms with Gasteiger partial charge in [0.05, 0.1) is 11.3 Å². The van der Waals surface area contributed by atoms with Gasteiger partial charge in [-0.05, 0) is 24.3 Å². The van der Waals surface area contributed by atoms with Crippen molar-refractivity contribution in [2.75, 3.05) is 13.2 Å². The zero-order valence-electron chi connectivity index (χ0n) is 16.1. The van der Waals surface area contributed by atoms with Gasteiger partial charge in [-0.25, -0.2) is 9.48 Å². The number of benzene rings is 1. The Bertz CT molecular complexity index is 1070. The second-order valence-corrected chi connectivity index (χ2v) is 6.82. The topological polar surface area (TPSA) is 149 Å². The molecule has 0 spiro atoms. The third-order valence-corrected chi connectivity index (χ3v) is 4.81. The zero-order valence-corrected chi connectivity index (χ0v) is 16.1. The molecule has 30 heavy (non-hydrogen) atoms. The average Bonchev–Trinajstić information content (AvgIpc) is 3.43. The highest BCUT2D eigenvalue weighted by molar-refractivity contribution is 5.94. The summed E-state index contributed by atoms with van der Waals surface area (Å²) in [5.74, 6) is 0.967. The molecule has 0 saturated carbocycles. The summed E-state index contributed by atoms with van der Waals surface area (Å²) in [5.41, 5.74) is -0.562. The van der Waals surface area contributed by atoms with Crippen molar-refractivity contribution in [1.82, 2.24) is 15.1 Å². The monoisotopic (exact) mass is 411 g/mol. The third-order valence-electron chi connectivity index (χ3n) is 4.81. The summed E-state index contributed by atoms with van der Waals surface area (Å²) in [6.07, 6.45) is 6.98. The van der Waals surface area contributed by atoms with Crippen LogP contribution in [0.5, 0.6) is 0 Å². The lowest BCUT2D eigenvalue weighted by Gasteiger charge is -2.10. The number of carboxylic acid groups (broad SMARTS) is 1. The zero-order chi connectivity index (χ0) is 21.7. The number of carboxylic acids is 1. The van der Waals surface area contributed by atoms with E-state index in [9.17, 15) is 19.5 Å². The van der Waals surface area contributed by atoms with Crippen LogP contribution in [0.1, 0.15) is 45.7 Å². The fourth-order valence-electron chi connectivity index (χ4n) is 3.08. The summed E-state index contributed by atoms with van der Waals surface area (Å²) in [6.45, 7) is 0.0395. The van der Waals surface area contributed by atoms with Gasteiger partial charge in [0.15, 0.2) is 5.66 Å². The van der Waals surface area contributed by atoms with Crippen LogP contribution in [-0.4, -0.2) is 50.7 Å². The maximum Gasteiger partial charge on any atom is 0.354 e. The number of hydrogen-bond acceptors (Lipinski definition) is 6. The molecule has 0 fully saturated rings. The van der Waals surface area contributed by atoms with Crippen LogP contribution in [0.2, 0.25) is 0 Å². The molecule has 4 N–H and O–H groups in total. The van der Waals surface area contributed by atoms with Crippen molar-refractivity contribution in [3.05, 3.63) is 51.4 Å². The molecular formula is C20H21N5O5. The SMILES string of the molecule is C#CCCC1(CCNC(=O)c2ccc(-n3[nH]c(C(=O)O)c(CCO)c3=O)cc2)N=N1. The third kappa shape index (κ3) is 4.47. The largest absolute Gasteiger partial charge is 0.477 e. The molecule has 1 aromatic carbocycles. The Balaban J connectivity index is 1.66. The van der Waals surface area contributed by atoms with Crippen LogP contribution in [0.15, 0.2) is 39.3 Å². The molecule has 1 aliphatic heterocycles. The summed E-state index contributed by atoms with van der Waals surface area (Å²) < 4.78 is 1.07. The van der Waals surface area contributed by atoms with Gasteiger partial charge in [-0.3, -0.25) is 14.7 Å². The summed E-state index contributed by atoms with van der Waals surface area (Å²) in [6, 6.07) is 6.12. The lowest BCUT2D eigenvalue weighted by atomic mass is 10.0. The molecule has 1 amide bonds. The predicted molar refractivity (Wildman–Crippen MR) is 107 cm³/mol. The Kier molecular flexibility index (Phi) is 6.13. The molecule has 1 aromatic heterocycles. The van der Waals surface area contributed by atoms with E-state index in [0.717, 1.165) is 4.68 Å². The lowest BCUT2D eigenvalue weighted by molar-refractivity contribution is 0.0688. The molecule has 10 nitrogen and oxygen atoms in total. The van der Waals surface area contributed by atoms with E-state index in [1.54, 1.807) is 0 Å². The molecular weight excluding hydrogens is 390 g/mol. The van der Waals surface area contributed by atoms with Gasteiger partial charge in [-0.15, -0.1) is 12.3 Å². The molecule has 2 heterocycles. The van der Waals surface area contributed by atoms with Crippen LogP contribution in [0, 0.1) is 12.3 Å². The van der Waals surface area contributed by atoms with E-state index in [1.165, 1.54) is 24.3 Å². The number of aliphatic hydroxyl groups excluding tert-OH is 1. The quantitative estimate of drug-likeness (QED) is 0.432. The molecule has 0 unspecified atom stereocenters. The summed E-state index contributed by atoms with van der Waals surface area (Å²) in [4.78, 5) is 36.1. The number of aliphatic hydroxyl groups is 1. The van der Waals surface area contributed by atoms with E-state index >= 15 is 0 Å². The van der Waals surface area contributed by atoms with Gasteiger partial charge in [-0.2, -0.15) is 10.2 Å². The van der Waals surface area contributed by atoms with Crippen LogP contribution in [0.25, 0.3) is 5.69 Å². The van der Waals surface area contributed by atoms with Gasteiger partial charge < -0.3 is 15.5 Å². The standard InChI is InChI=1S/C20H21N5O5/c1-2-3-9-20(23-24-20)10-11-21-17(27)13-4-6-14(7-5-13)25-18(28)15(8-12-26)16(22-25)19(29)30/h1,4-7,22,26H,3,8-12H2,(H,21,27)(H,29,30). The molecule has 0 radical (unpaired) electrons. The number of aromatic nitrogens is 2. The minimum atomic E-state index is -1.29. The van der Waals surface area contributed by atoms with Crippen molar-refractivity contribution in [1.29, 1.82) is 0 Å². The van der Waals surface area contributed by atoms with Gasteiger partial charge in [0.2, 0.25) is 0 Å². The molecule has 10 heteroatoms. The number of aromatic carboxylic acids is 1. The van der Waals surface area contributed by atoms with Crippen LogP contribution < -0.4 is 10.9 Å². The molecule has 0 saturated heterocycles. The molecule has 156 valence electrons. The second-order valence-electron chi connectivity index (χ2n) is 6.82. The van der Waals surface area contributed by atoms with Crippen molar-refractivity contribution in [2.24, 2.45) is 10.2 Å². The fraction of sp³-hybridized carbons (Fsp3) is 0.350. The average molecular weight is 411 g/mol. The number of terminal acetylenes is 1. The van der Waals surface area contributed by atoms with E-state index < -0.39 is 17.2 Å². The molecule has 0 aliphatic carbocycles. The van der Waals surface area contributed by atoms with Crippen molar-refractivity contribution >= 4 is 11.9 Å². The van der Waals surface area contributed by atoms with Gasteiger partial charge >= 0.3 is 5.97 Å². The molecule has 3 rings (SSSR count).